The fraction of sp³-hybridized carbons (Fsp3) is 1.00. The lowest BCUT2D eigenvalue weighted by Gasteiger charge is -2.36. The molecule has 2 unspecified atom stereocenters. The third kappa shape index (κ3) is 3.73. The highest BCUT2D eigenvalue weighted by Gasteiger charge is 2.33. The van der Waals surface area contributed by atoms with Crippen LogP contribution in [0.5, 0.6) is 0 Å². The molecule has 0 spiro atoms. The summed E-state index contributed by atoms with van der Waals surface area (Å²) < 4.78 is 5.95. The van der Waals surface area contributed by atoms with Gasteiger partial charge in [0, 0.05) is 25.7 Å². The molecular weight excluding hydrogens is 252 g/mol. The zero-order valence-electron chi connectivity index (χ0n) is 12.6. The van der Waals surface area contributed by atoms with Crippen molar-refractivity contribution in [3.8, 4) is 0 Å². The minimum atomic E-state index is -0.471. The zero-order chi connectivity index (χ0) is 13.8. The van der Waals surface area contributed by atoms with Crippen LogP contribution in [0.4, 0.5) is 0 Å². The van der Waals surface area contributed by atoms with E-state index < -0.39 is 5.60 Å². The summed E-state index contributed by atoms with van der Waals surface area (Å²) in [6, 6.07) is 0.678. The standard InChI is InChI=1S/C16H30N2O2/c19-16(7-3-1-2-4-8-16)13-17-10-15-11-18-9-5-6-14(18)12-20-15/h14-15,17,19H,1-13H2. The summed E-state index contributed by atoms with van der Waals surface area (Å²) in [5.74, 6) is 0. The normalized spacial score (nSPS) is 34.6. The van der Waals surface area contributed by atoms with E-state index in [9.17, 15) is 5.11 Å². The molecule has 4 heteroatoms. The van der Waals surface area contributed by atoms with Gasteiger partial charge in [-0.1, -0.05) is 25.7 Å². The van der Waals surface area contributed by atoms with Crippen LogP contribution in [0.1, 0.15) is 51.4 Å². The molecule has 4 nitrogen and oxygen atoms in total. The molecular formula is C16H30N2O2. The van der Waals surface area contributed by atoms with Gasteiger partial charge in [0.05, 0.1) is 18.3 Å². The molecule has 2 aliphatic heterocycles. The van der Waals surface area contributed by atoms with Crippen molar-refractivity contribution >= 4 is 0 Å². The molecule has 2 atom stereocenters. The van der Waals surface area contributed by atoms with Gasteiger partial charge in [0.1, 0.15) is 0 Å². The summed E-state index contributed by atoms with van der Waals surface area (Å²) in [4.78, 5) is 2.58. The highest BCUT2D eigenvalue weighted by atomic mass is 16.5. The zero-order valence-corrected chi connectivity index (χ0v) is 12.6. The first kappa shape index (κ1) is 14.8. The van der Waals surface area contributed by atoms with Crippen LogP contribution in [0.15, 0.2) is 0 Å². The van der Waals surface area contributed by atoms with E-state index >= 15 is 0 Å². The number of nitrogens with zero attached hydrogens (tertiary/aromatic N) is 1. The van der Waals surface area contributed by atoms with E-state index in [0.29, 0.717) is 12.1 Å². The van der Waals surface area contributed by atoms with Gasteiger partial charge in [-0.2, -0.15) is 0 Å². The van der Waals surface area contributed by atoms with E-state index in [-0.39, 0.29) is 0 Å². The fourth-order valence-corrected chi connectivity index (χ4v) is 4.04. The smallest absolute Gasteiger partial charge is 0.0827 e. The maximum Gasteiger partial charge on any atom is 0.0827 e. The van der Waals surface area contributed by atoms with Crippen molar-refractivity contribution in [1.29, 1.82) is 0 Å². The van der Waals surface area contributed by atoms with E-state index in [2.05, 4.69) is 10.2 Å². The first-order chi connectivity index (χ1) is 9.75. The van der Waals surface area contributed by atoms with Crippen molar-refractivity contribution in [3.05, 3.63) is 0 Å². The summed E-state index contributed by atoms with van der Waals surface area (Å²) in [5.41, 5.74) is -0.471. The van der Waals surface area contributed by atoms with Gasteiger partial charge in [0.25, 0.3) is 0 Å². The Kier molecular flexibility index (Phi) is 4.97. The molecule has 116 valence electrons. The predicted molar refractivity (Wildman–Crippen MR) is 79.9 cm³/mol. The summed E-state index contributed by atoms with van der Waals surface area (Å²) in [5, 5.41) is 14.1. The first-order valence-corrected chi connectivity index (χ1v) is 8.54. The summed E-state index contributed by atoms with van der Waals surface area (Å²) >= 11 is 0. The topological polar surface area (TPSA) is 44.7 Å². The maximum atomic E-state index is 10.6. The summed E-state index contributed by atoms with van der Waals surface area (Å²) in [7, 11) is 0. The van der Waals surface area contributed by atoms with Gasteiger partial charge in [-0.3, -0.25) is 4.90 Å². The van der Waals surface area contributed by atoms with Crippen molar-refractivity contribution in [1.82, 2.24) is 10.2 Å². The summed E-state index contributed by atoms with van der Waals surface area (Å²) in [6.45, 7) is 4.82. The average molecular weight is 282 g/mol. The van der Waals surface area contributed by atoms with Crippen LogP contribution >= 0.6 is 0 Å². The number of hydrogen-bond donors (Lipinski definition) is 2. The molecule has 0 radical (unpaired) electrons. The lowest BCUT2D eigenvalue weighted by molar-refractivity contribution is -0.0502. The molecule has 0 bridgehead atoms. The summed E-state index contributed by atoms with van der Waals surface area (Å²) in [6.07, 6.45) is 9.77. The van der Waals surface area contributed by atoms with Gasteiger partial charge in [-0.15, -0.1) is 0 Å². The number of nitrogens with one attached hydrogen (secondary N) is 1. The molecule has 3 fully saturated rings. The predicted octanol–water partition coefficient (Wildman–Crippen LogP) is 1.52. The van der Waals surface area contributed by atoms with Crippen LogP contribution in [-0.4, -0.2) is 60.5 Å². The van der Waals surface area contributed by atoms with Crippen LogP contribution in [0, 0.1) is 0 Å². The number of ether oxygens (including phenoxy) is 1. The van der Waals surface area contributed by atoms with Crippen molar-refractivity contribution < 1.29 is 9.84 Å². The van der Waals surface area contributed by atoms with Gasteiger partial charge >= 0.3 is 0 Å². The molecule has 3 aliphatic rings. The minimum absolute atomic E-state index is 0.304. The lowest BCUT2D eigenvalue weighted by atomic mass is 9.94. The molecule has 0 aromatic carbocycles. The second kappa shape index (κ2) is 6.73. The van der Waals surface area contributed by atoms with Crippen LogP contribution in [-0.2, 0) is 4.74 Å². The number of fused-ring (bicyclic) bond motifs is 1. The Morgan fingerprint density at radius 3 is 2.75 bits per heavy atom. The van der Waals surface area contributed by atoms with E-state index in [0.717, 1.165) is 39.1 Å². The third-order valence-corrected chi connectivity index (χ3v) is 5.32. The number of morpholine rings is 1. The maximum absolute atomic E-state index is 10.6. The number of aliphatic hydroxyl groups is 1. The van der Waals surface area contributed by atoms with Crippen molar-refractivity contribution in [2.24, 2.45) is 0 Å². The number of hydrogen-bond acceptors (Lipinski definition) is 4. The van der Waals surface area contributed by atoms with Crippen LogP contribution in [0.2, 0.25) is 0 Å². The average Bonchev–Trinajstić information content (AvgIpc) is 2.80. The highest BCUT2D eigenvalue weighted by molar-refractivity contribution is 4.87. The van der Waals surface area contributed by atoms with Crippen molar-refractivity contribution in [3.63, 3.8) is 0 Å². The molecule has 0 aromatic heterocycles. The minimum Gasteiger partial charge on any atom is -0.389 e. The SMILES string of the molecule is OC1(CNCC2CN3CCCC3CO2)CCCCCC1. The Hall–Kier alpha value is -0.160. The fourth-order valence-electron chi connectivity index (χ4n) is 4.04. The molecule has 2 saturated heterocycles. The van der Waals surface area contributed by atoms with Gasteiger partial charge in [-0.25, -0.2) is 0 Å². The molecule has 3 rings (SSSR count). The van der Waals surface area contributed by atoms with Crippen LogP contribution < -0.4 is 5.32 Å². The Bertz CT molecular complexity index is 303. The monoisotopic (exact) mass is 282 g/mol. The molecule has 0 amide bonds. The van der Waals surface area contributed by atoms with Gasteiger partial charge < -0.3 is 15.2 Å². The van der Waals surface area contributed by atoms with E-state index in [1.807, 2.05) is 0 Å². The highest BCUT2D eigenvalue weighted by Crippen LogP contribution is 2.26. The van der Waals surface area contributed by atoms with E-state index in [4.69, 9.17) is 4.74 Å². The molecule has 0 aromatic rings. The molecule has 2 heterocycles. The van der Waals surface area contributed by atoms with Gasteiger partial charge in [0.2, 0.25) is 0 Å². The largest absolute Gasteiger partial charge is 0.389 e. The van der Waals surface area contributed by atoms with Crippen molar-refractivity contribution in [2.45, 2.75) is 69.1 Å². The second-order valence-corrected chi connectivity index (χ2v) is 7.02. The Morgan fingerprint density at radius 1 is 1.15 bits per heavy atom. The quantitative estimate of drug-likeness (QED) is 0.768. The first-order valence-electron chi connectivity index (χ1n) is 8.54. The van der Waals surface area contributed by atoms with Crippen molar-refractivity contribution in [2.75, 3.05) is 32.8 Å². The van der Waals surface area contributed by atoms with Gasteiger partial charge in [-0.05, 0) is 32.2 Å². The Morgan fingerprint density at radius 2 is 1.95 bits per heavy atom. The van der Waals surface area contributed by atoms with E-state index in [1.54, 1.807) is 0 Å². The van der Waals surface area contributed by atoms with Crippen LogP contribution in [0.25, 0.3) is 0 Å². The van der Waals surface area contributed by atoms with E-state index in [1.165, 1.54) is 45.1 Å². The third-order valence-electron chi connectivity index (χ3n) is 5.32. The molecule has 1 aliphatic carbocycles. The molecule has 2 N–H and O–H groups in total. The van der Waals surface area contributed by atoms with Crippen LogP contribution in [0.3, 0.4) is 0 Å². The molecule has 20 heavy (non-hydrogen) atoms. The Balaban J connectivity index is 1.38. The lowest BCUT2D eigenvalue weighted by Crippen LogP contribution is -2.51. The number of rotatable bonds is 4. The Labute approximate surface area is 122 Å². The second-order valence-electron chi connectivity index (χ2n) is 7.02. The van der Waals surface area contributed by atoms with Gasteiger partial charge in [0.15, 0.2) is 0 Å². The molecule has 1 saturated carbocycles.